The molecule has 406 valence electrons. The Labute approximate surface area is 435 Å². The molecule has 7 amide bonds. The molecule has 0 radical (unpaired) electrons. The second kappa shape index (κ2) is 27.1. The highest BCUT2D eigenvalue weighted by atomic mass is 35.5. The van der Waals surface area contributed by atoms with Crippen molar-refractivity contribution in [2.75, 3.05) is 26.1 Å². The van der Waals surface area contributed by atoms with E-state index in [1.807, 2.05) is 0 Å². The number of aliphatic hydroxyl groups excluding tert-OH is 2. The molecule has 74 heavy (non-hydrogen) atoms. The van der Waals surface area contributed by atoms with Gasteiger partial charge in [-0.3, -0.25) is 38.4 Å². The maximum Gasteiger partial charge on any atom is 0.332 e. The lowest BCUT2D eigenvalue weighted by Gasteiger charge is -2.34. The van der Waals surface area contributed by atoms with Crippen LogP contribution in [0.3, 0.4) is 0 Å². The number of rotatable bonds is 10. The summed E-state index contributed by atoms with van der Waals surface area (Å²) in [5.74, 6) is -11.8. The number of alkyl halides is 1. The summed E-state index contributed by atoms with van der Waals surface area (Å²) in [6.45, 7) is 10.2. The van der Waals surface area contributed by atoms with Gasteiger partial charge >= 0.3 is 11.9 Å². The molecular formula is C51H70ClN7O15. The van der Waals surface area contributed by atoms with Crippen LogP contribution in [0.15, 0.2) is 66.7 Å². The van der Waals surface area contributed by atoms with Crippen molar-refractivity contribution in [3.05, 3.63) is 77.9 Å². The average Bonchev–Trinajstić information content (AvgIpc) is 3.37. The van der Waals surface area contributed by atoms with E-state index in [9.17, 15) is 53.7 Å². The molecule has 3 heterocycles. The van der Waals surface area contributed by atoms with Crippen LogP contribution < -0.4 is 36.6 Å². The standard InChI is InChI=1S/C51H70ClN7O15/c1-10-27(4)39-46(66)58-42-33-16-18-34(19-17-33)74-31(8)51(71,25-52)21-20-37(61)53-23-38(62)72-24-35(50(70)73-30(7)41(48(68)55-39)57-44(64)28(5)43(63)26(2)3)54-47(67)40(29(6)60)56-45(65)36(59(9)49(42)69)22-32-14-12-11-13-15-32/h11-21,26-31,35-36,39-43,60,63,71H,10,22-25H2,1-9H3,(H,53,61)(H,54,67)(H,55,68)(H,56,65)(H,57,64)(H,58,66)/b21-20+/t27-,28-,29+,30-,31+,35?,36+,39-,40-,41+,42+,43+,51-/m0/s1. The van der Waals surface area contributed by atoms with Gasteiger partial charge in [-0.1, -0.05) is 83.5 Å². The van der Waals surface area contributed by atoms with Gasteiger partial charge in [0.05, 0.1) is 24.0 Å². The minimum absolute atomic E-state index is 0.133. The van der Waals surface area contributed by atoms with E-state index in [0.717, 1.165) is 24.0 Å². The van der Waals surface area contributed by atoms with Gasteiger partial charge in [0.2, 0.25) is 41.4 Å². The fraction of sp³-hybridized carbons (Fsp3) is 0.549. The number of fused-ring (bicyclic) bond motifs is 11. The highest BCUT2D eigenvalue weighted by molar-refractivity contribution is 6.18. The largest absolute Gasteiger partial charge is 0.487 e. The van der Waals surface area contributed by atoms with E-state index in [-0.39, 0.29) is 24.2 Å². The molecule has 1 saturated heterocycles. The summed E-state index contributed by atoms with van der Waals surface area (Å²) in [4.78, 5) is 128. The van der Waals surface area contributed by atoms with Crippen molar-refractivity contribution < 1.29 is 72.7 Å². The third-order valence-electron chi connectivity index (χ3n) is 13.1. The van der Waals surface area contributed by atoms with Crippen molar-refractivity contribution in [3.8, 4) is 5.75 Å². The van der Waals surface area contributed by atoms with Crippen LogP contribution in [-0.4, -0.2) is 160 Å². The van der Waals surface area contributed by atoms with E-state index < -0.39 is 156 Å². The molecule has 22 nitrogen and oxygen atoms in total. The van der Waals surface area contributed by atoms with Crippen molar-refractivity contribution in [2.24, 2.45) is 17.8 Å². The molecule has 1 unspecified atom stereocenters. The van der Waals surface area contributed by atoms with Crippen LogP contribution in [0, 0.1) is 17.8 Å². The van der Waals surface area contributed by atoms with Gasteiger partial charge in [0.15, 0.2) is 6.04 Å². The van der Waals surface area contributed by atoms with E-state index in [4.69, 9.17) is 25.8 Å². The molecule has 0 saturated carbocycles. The maximum atomic E-state index is 15.2. The molecule has 9 N–H and O–H groups in total. The Balaban J connectivity index is 2.03. The summed E-state index contributed by atoms with van der Waals surface area (Å²) in [5.41, 5.74) is -1.28. The number of halogens is 1. The molecule has 0 spiro atoms. The molecule has 0 aliphatic carbocycles. The molecule has 1 fully saturated rings. The third kappa shape index (κ3) is 15.9. The summed E-state index contributed by atoms with van der Waals surface area (Å²) in [7, 11) is 1.29. The van der Waals surface area contributed by atoms with E-state index >= 15 is 4.79 Å². The number of esters is 2. The van der Waals surface area contributed by atoms with E-state index in [1.54, 1.807) is 58.0 Å². The van der Waals surface area contributed by atoms with Crippen molar-refractivity contribution in [2.45, 2.75) is 134 Å². The molecule has 0 aromatic heterocycles. The predicted molar refractivity (Wildman–Crippen MR) is 267 cm³/mol. The van der Waals surface area contributed by atoms with E-state index in [1.165, 1.54) is 52.1 Å². The first-order chi connectivity index (χ1) is 34.8. The van der Waals surface area contributed by atoms with Gasteiger partial charge in [-0.2, -0.15) is 0 Å². The number of amides is 7. The second-order valence-corrected chi connectivity index (χ2v) is 19.4. The topological polar surface area (TPSA) is 317 Å². The Bertz CT molecular complexity index is 2360. The molecule has 3 aliphatic heterocycles. The van der Waals surface area contributed by atoms with Crippen LogP contribution in [0.4, 0.5) is 0 Å². The number of likely N-dealkylation sites (N-methyl/N-ethyl adjacent to an activating group) is 1. The van der Waals surface area contributed by atoms with Gasteiger partial charge in [0.25, 0.3) is 0 Å². The molecule has 2 aromatic carbocycles. The summed E-state index contributed by atoms with van der Waals surface area (Å²) in [5, 5.41) is 48.3. The number of nitrogens with one attached hydrogen (secondary N) is 6. The first kappa shape index (κ1) is 59.9. The van der Waals surface area contributed by atoms with Crippen molar-refractivity contribution in [3.63, 3.8) is 0 Å². The maximum absolute atomic E-state index is 15.2. The normalized spacial score (nSPS) is 28.5. The Morgan fingerprint density at radius 2 is 1.46 bits per heavy atom. The number of nitrogens with zero attached hydrogens (tertiary/aromatic N) is 1. The number of carbonyl (C=O) groups is 9. The molecule has 3 aliphatic rings. The monoisotopic (exact) mass is 1060 g/mol. The summed E-state index contributed by atoms with van der Waals surface area (Å²) < 4.78 is 17.0. The third-order valence-corrected chi connectivity index (χ3v) is 13.6. The summed E-state index contributed by atoms with van der Waals surface area (Å²) >= 11 is 6.17. The highest BCUT2D eigenvalue weighted by Gasteiger charge is 2.42. The molecule has 5 rings (SSSR count). The molecule has 2 aromatic rings. The van der Waals surface area contributed by atoms with Gasteiger partial charge in [-0.15, -0.1) is 11.6 Å². The number of ether oxygens (including phenoxy) is 3. The second-order valence-electron chi connectivity index (χ2n) is 19.1. The lowest BCUT2D eigenvalue weighted by Crippen LogP contribution is -2.61. The van der Waals surface area contributed by atoms with Crippen LogP contribution in [0.2, 0.25) is 0 Å². The van der Waals surface area contributed by atoms with Crippen LogP contribution in [0.25, 0.3) is 0 Å². The van der Waals surface area contributed by atoms with E-state index in [2.05, 4.69) is 31.9 Å². The molecule has 23 heteroatoms. The number of hydrogen-bond acceptors (Lipinski definition) is 15. The van der Waals surface area contributed by atoms with Crippen LogP contribution >= 0.6 is 11.6 Å². The van der Waals surface area contributed by atoms with Gasteiger partial charge in [-0.05, 0) is 61.9 Å². The lowest BCUT2D eigenvalue weighted by molar-refractivity contribution is -0.160. The Morgan fingerprint density at radius 1 is 0.838 bits per heavy atom. The van der Waals surface area contributed by atoms with Crippen LogP contribution in [-0.2, 0) is 59.0 Å². The van der Waals surface area contributed by atoms with Gasteiger partial charge < -0.3 is 66.3 Å². The van der Waals surface area contributed by atoms with Crippen molar-refractivity contribution in [1.29, 1.82) is 0 Å². The minimum Gasteiger partial charge on any atom is -0.487 e. The number of benzene rings is 2. The van der Waals surface area contributed by atoms with Crippen molar-refractivity contribution in [1.82, 2.24) is 36.8 Å². The Hall–Kier alpha value is -6.62. The summed E-state index contributed by atoms with van der Waals surface area (Å²) in [6, 6.07) is 4.00. The zero-order chi connectivity index (χ0) is 55.2. The number of carbonyl (C=O) groups excluding carboxylic acids is 9. The molecular weight excluding hydrogens is 986 g/mol. The fourth-order valence-electron chi connectivity index (χ4n) is 7.90. The minimum atomic E-state index is -1.98. The first-order valence-electron chi connectivity index (χ1n) is 24.4. The molecule has 13 atom stereocenters. The van der Waals surface area contributed by atoms with Gasteiger partial charge in [0, 0.05) is 19.5 Å². The number of cyclic esters (lactones) is 1. The average molecular weight is 1060 g/mol. The van der Waals surface area contributed by atoms with E-state index in [0.29, 0.717) is 5.56 Å². The zero-order valence-electron chi connectivity index (χ0n) is 43.0. The molecule has 4 bridgehead atoms. The number of aliphatic hydroxyl groups is 3. The first-order valence-corrected chi connectivity index (χ1v) is 24.9. The predicted octanol–water partition coefficient (Wildman–Crippen LogP) is -0.156. The van der Waals surface area contributed by atoms with Gasteiger partial charge in [-0.25, -0.2) is 4.79 Å². The Kier molecular flexibility index (Phi) is 21.9. The lowest BCUT2D eigenvalue weighted by atomic mass is 9.93. The van der Waals surface area contributed by atoms with Crippen molar-refractivity contribution >= 4 is 64.9 Å². The zero-order valence-corrected chi connectivity index (χ0v) is 43.7. The summed E-state index contributed by atoms with van der Waals surface area (Å²) in [6.07, 6.45) is -3.61. The fourth-order valence-corrected chi connectivity index (χ4v) is 8.20. The quantitative estimate of drug-likeness (QED) is 0.110. The SMILES string of the molecule is CC[C@H](C)[C@@H]1NC(=O)[C@H](NC(=O)[C@@H](C)[C@H](O)C(C)C)[C@H](C)OC(=O)C2COC(=O)CNC(=O)/C=C/[C@](O)(CCl)[C@@H](C)Oc3ccc(cc3)[C@@H](NC1=O)C(=O)N(C)[C@H](Cc1ccccc1)C(=O)N[C@@H]([C@@H](C)O)C(=O)N2. The highest BCUT2D eigenvalue weighted by Crippen LogP contribution is 2.26. The van der Waals surface area contributed by atoms with Gasteiger partial charge in [0.1, 0.15) is 66.9 Å². The van der Waals surface area contributed by atoms with Crippen LogP contribution in [0.1, 0.15) is 79.0 Å². The number of hydrogen-bond donors (Lipinski definition) is 9. The Morgan fingerprint density at radius 3 is 2.05 bits per heavy atom. The smallest absolute Gasteiger partial charge is 0.332 e. The van der Waals surface area contributed by atoms with Crippen LogP contribution in [0.5, 0.6) is 5.75 Å².